The van der Waals surface area contributed by atoms with E-state index in [4.69, 9.17) is 14.8 Å². The summed E-state index contributed by atoms with van der Waals surface area (Å²) in [6.45, 7) is 0.584. The third-order valence-electron chi connectivity index (χ3n) is 5.36. The largest absolute Gasteiger partial charge is 0.507 e. The fourth-order valence-corrected chi connectivity index (χ4v) is 3.74. The van der Waals surface area contributed by atoms with Gasteiger partial charge in [0.15, 0.2) is 0 Å². The van der Waals surface area contributed by atoms with Crippen LogP contribution >= 0.6 is 0 Å². The molecule has 152 valence electrons. The first kappa shape index (κ1) is 20.4. The number of carbonyl (C=O) groups is 2. The highest BCUT2D eigenvalue weighted by Gasteiger charge is 2.40. The van der Waals surface area contributed by atoms with Crippen molar-refractivity contribution < 1.29 is 39.7 Å². The number of phenols is 1. The highest BCUT2D eigenvalue weighted by molar-refractivity contribution is 6.41. The van der Waals surface area contributed by atoms with Gasteiger partial charge in [0.05, 0.1) is 25.1 Å². The van der Waals surface area contributed by atoms with Crippen molar-refractivity contribution in [3.8, 4) is 11.5 Å². The number of aliphatic hydroxyl groups excluding tert-OH is 1. The number of aliphatic hydroxyl groups is 1. The Kier molecular flexibility index (Phi) is 6.12. The molecule has 1 aromatic carbocycles. The van der Waals surface area contributed by atoms with E-state index < -0.39 is 31.0 Å². The van der Waals surface area contributed by atoms with Gasteiger partial charge >= 0.3 is 13.1 Å². The van der Waals surface area contributed by atoms with E-state index in [1.54, 1.807) is 4.90 Å². The average Bonchev–Trinajstić information content (AvgIpc) is 3.01. The van der Waals surface area contributed by atoms with Crippen LogP contribution in [0.25, 0.3) is 0 Å². The molecular formula is C18H24BNO8. The van der Waals surface area contributed by atoms with Crippen LogP contribution in [0.5, 0.6) is 11.5 Å². The van der Waals surface area contributed by atoms with Crippen molar-refractivity contribution in [2.75, 3.05) is 13.1 Å². The fourth-order valence-electron chi connectivity index (χ4n) is 3.74. The summed E-state index contributed by atoms with van der Waals surface area (Å²) in [6, 6.07) is 2.91. The predicted octanol–water partition coefficient (Wildman–Crippen LogP) is -0.144. The molecule has 1 aliphatic heterocycles. The lowest BCUT2D eigenvalue weighted by molar-refractivity contribution is -0.147. The highest BCUT2D eigenvalue weighted by atomic mass is 16.5. The number of amides is 1. The molecule has 1 aliphatic carbocycles. The zero-order valence-corrected chi connectivity index (χ0v) is 15.3. The van der Waals surface area contributed by atoms with Crippen molar-refractivity contribution >= 4 is 19.0 Å². The van der Waals surface area contributed by atoms with E-state index in [0.29, 0.717) is 25.9 Å². The molecule has 2 aliphatic rings. The number of hydrogen-bond acceptors (Lipinski definition) is 7. The van der Waals surface area contributed by atoms with Crippen LogP contribution in [0.2, 0.25) is 6.32 Å². The number of benzene rings is 1. The van der Waals surface area contributed by atoms with Gasteiger partial charge in [0.1, 0.15) is 23.2 Å². The van der Waals surface area contributed by atoms with Crippen LogP contribution in [0.3, 0.4) is 0 Å². The van der Waals surface area contributed by atoms with Gasteiger partial charge in [0.2, 0.25) is 5.91 Å². The Morgan fingerprint density at radius 1 is 1.21 bits per heavy atom. The van der Waals surface area contributed by atoms with Crippen LogP contribution in [0.1, 0.15) is 35.2 Å². The number of nitrogens with zero attached hydrogens (tertiary/aromatic N) is 1. The van der Waals surface area contributed by atoms with Crippen LogP contribution in [-0.4, -0.2) is 74.6 Å². The molecule has 1 aromatic rings. The van der Waals surface area contributed by atoms with E-state index in [1.807, 2.05) is 0 Å². The monoisotopic (exact) mass is 393 g/mol. The Hall–Kier alpha value is -2.30. The summed E-state index contributed by atoms with van der Waals surface area (Å²) in [4.78, 5) is 25.5. The van der Waals surface area contributed by atoms with E-state index in [1.165, 1.54) is 12.1 Å². The molecule has 1 saturated carbocycles. The SMILES string of the molecule is O=C(O)c1c(OC2CN(C(=O)[C@H]3CCC[C@H]3O)C2)ccc(CCB(O)O)c1O. The summed E-state index contributed by atoms with van der Waals surface area (Å²) in [5.41, 5.74) is -0.112. The van der Waals surface area contributed by atoms with Crippen molar-refractivity contribution in [2.45, 2.75) is 44.2 Å². The number of aromatic carboxylic acids is 1. The second kappa shape index (κ2) is 8.38. The molecule has 1 heterocycles. The number of carboxylic acid groups (broad SMARTS) is 1. The van der Waals surface area contributed by atoms with Crippen molar-refractivity contribution in [1.82, 2.24) is 4.90 Å². The molecule has 2 atom stereocenters. The van der Waals surface area contributed by atoms with E-state index in [0.717, 1.165) is 6.42 Å². The lowest BCUT2D eigenvalue weighted by atomic mass is 9.82. The van der Waals surface area contributed by atoms with Gasteiger partial charge in [-0.1, -0.05) is 6.07 Å². The Balaban J connectivity index is 1.64. The standard InChI is InChI=1S/C18H24BNO8/c21-13-3-1-2-12(13)17(23)20-8-11(9-20)28-14-5-4-10(6-7-19(26)27)16(22)15(14)18(24)25/h4-5,11-13,21-22,26-27H,1-3,6-9H2,(H,24,25)/t12-,13+/m0/s1. The topological polar surface area (TPSA) is 148 Å². The highest BCUT2D eigenvalue weighted by Crippen LogP contribution is 2.34. The third kappa shape index (κ3) is 4.24. The van der Waals surface area contributed by atoms with Crippen LogP contribution in [0.4, 0.5) is 0 Å². The van der Waals surface area contributed by atoms with Crippen molar-refractivity contribution in [2.24, 2.45) is 5.92 Å². The summed E-state index contributed by atoms with van der Waals surface area (Å²) in [5, 5.41) is 47.4. The zero-order chi connectivity index (χ0) is 20.4. The molecule has 0 bridgehead atoms. The smallest absolute Gasteiger partial charge is 0.451 e. The maximum atomic E-state index is 12.4. The van der Waals surface area contributed by atoms with E-state index in [-0.39, 0.29) is 41.4 Å². The van der Waals surface area contributed by atoms with Gasteiger partial charge in [-0.3, -0.25) is 4.79 Å². The normalized spacial score (nSPS) is 22.0. The second-order valence-electron chi connectivity index (χ2n) is 7.36. The lowest BCUT2D eigenvalue weighted by Crippen LogP contribution is -2.58. The number of rotatable bonds is 7. The molecular weight excluding hydrogens is 369 g/mol. The quantitative estimate of drug-likeness (QED) is 0.402. The van der Waals surface area contributed by atoms with Crippen molar-refractivity contribution in [1.29, 1.82) is 0 Å². The predicted molar refractivity (Wildman–Crippen MR) is 98.1 cm³/mol. The van der Waals surface area contributed by atoms with Crippen LogP contribution in [0.15, 0.2) is 12.1 Å². The molecule has 2 fully saturated rings. The maximum absolute atomic E-state index is 12.4. The van der Waals surface area contributed by atoms with Gasteiger partial charge in [-0.05, 0) is 43.6 Å². The molecule has 0 aromatic heterocycles. The summed E-state index contributed by atoms with van der Waals surface area (Å²) in [7, 11) is -1.56. The molecule has 10 heteroatoms. The zero-order valence-electron chi connectivity index (χ0n) is 15.3. The van der Waals surface area contributed by atoms with Gasteiger partial charge < -0.3 is 35.0 Å². The maximum Gasteiger partial charge on any atom is 0.451 e. The van der Waals surface area contributed by atoms with Crippen molar-refractivity contribution in [3.05, 3.63) is 23.3 Å². The molecule has 3 rings (SSSR count). The van der Waals surface area contributed by atoms with Gasteiger partial charge in [-0.25, -0.2) is 4.79 Å². The summed E-state index contributed by atoms with van der Waals surface area (Å²) in [6.07, 6.45) is 1.18. The van der Waals surface area contributed by atoms with Gasteiger partial charge in [0, 0.05) is 0 Å². The molecule has 1 saturated heterocycles. The van der Waals surface area contributed by atoms with Crippen LogP contribution < -0.4 is 4.74 Å². The summed E-state index contributed by atoms with van der Waals surface area (Å²) >= 11 is 0. The van der Waals surface area contributed by atoms with Gasteiger partial charge in [-0.15, -0.1) is 0 Å². The minimum atomic E-state index is -1.56. The second-order valence-corrected chi connectivity index (χ2v) is 7.36. The first-order valence-electron chi connectivity index (χ1n) is 9.35. The van der Waals surface area contributed by atoms with Gasteiger partial charge in [0.25, 0.3) is 0 Å². The number of hydrogen-bond donors (Lipinski definition) is 5. The first-order valence-corrected chi connectivity index (χ1v) is 9.35. The van der Waals surface area contributed by atoms with Gasteiger partial charge in [-0.2, -0.15) is 0 Å². The summed E-state index contributed by atoms with van der Waals surface area (Å²) in [5.74, 6) is -2.31. The van der Waals surface area contributed by atoms with Crippen molar-refractivity contribution in [3.63, 3.8) is 0 Å². The number of aromatic hydroxyl groups is 1. The molecule has 5 N–H and O–H groups in total. The van der Waals surface area contributed by atoms with Crippen LogP contribution in [0, 0.1) is 5.92 Å². The van der Waals surface area contributed by atoms with Crippen LogP contribution in [-0.2, 0) is 11.2 Å². The Morgan fingerprint density at radius 2 is 1.93 bits per heavy atom. The summed E-state index contributed by atoms with van der Waals surface area (Å²) < 4.78 is 5.68. The van der Waals surface area contributed by atoms with E-state index >= 15 is 0 Å². The number of aryl methyl sites for hydroxylation is 1. The molecule has 1 amide bonds. The third-order valence-corrected chi connectivity index (χ3v) is 5.36. The Labute approximate surface area is 162 Å². The minimum absolute atomic E-state index is 0.00343. The number of carbonyl (C=O) groups excluding carboxylic acids is 1. The molecule has 0 radical (unpaired) electrons. The molecule has 0 spiro atoms. The lowest BCUT2D eigenvalue weighted by Gasteiger charge is -2.40. The number of likely N-dealkylation sites (tertiary alicyclic amines) is 1. The molecule has 9 nitrogen and oxygen atoms in total. The average molecular weight is 393 g/mol. The number of carboxylic acids is 1. The van der Waals surface area contributed by atoms with E-state index in [9.17, 15) is 24.9 Å². The Morgan fingerprint density at radius 3 is 2.50 bits per heavy atom. The number of ether oxygens (including phenoxy) is 1. The minimum Gasteiger partial charge on any atom is -0.507 e. The molecule has 28 heavy (non-hydrogen) atoms. The fraction of sp³-hybridized carbons (Fsp3) is 0.556. The van der Waals surface area contributed by atoms with E-state index in [2.05, 4.69) is 0 Å². The molecule has 0 unspecified atom stereocenters. The first-order chi connectivity index (χ1) is 13.3. The Bertz CT molecular complexity index is 749.